The Balaban J connectivity index is 1.24. The molecule has 3 N–H and O–H groups in total. The first-order valence-corrected chi connectivity index (χ1v) is 10.5. The van der Waals surface area contributed by atoms with Gasteiger partial charge in [-0.3, -0.25) is 9.59 Å². The largest absolute Gasteiger partial charge is 0.481 e. The van der Waals surface area contributed by atoms with Gasteiger partial charge in [0.05, 0.1) is 6.42 Å². The molecule has 2 aliphatic rings. The molecule has 0 aliphatic heterocycles. The van der Waals surface area contributed by atoms with Gasteiger partial charge in [0, 0.05) is 24.4 Å². The quantitative estimate of drug-likeness (QED) is 0.606. The Morgan fingerprint density at radius 3 is 2.29 bits per heavy atom. The van der Waals surface area contributed by atoms with Crippen LogP contribution >= 0.6 is 0 Å². The van der Waals surface area contributed by atoms with Crippen molar-refractivity contribution in [3.8, 4) is 11.1 Å². The van der Waals surface area contributed by atoms with Gasteiger partial charge in [-0.25, -0.2) is 4.79 Å². The number of rotatable bonds is 8. The third-order valence-corrected chi connectivity index (χ3v) is 5.98. The summed E-state index contributed by atoms with van der Waals surface area (Å²) in [5.41, 5.74) is 4.67. The summed E-state index contributed by atoms with van der Waals surface area (Å²) in [6, 6.07) is 15.9. The summed E-state index contributed by atoms with van der Waals surface area (Å²) in [6.07, 6.45) is 0.0725. The van der Waals surface area contributed by atoms with E-state index in [1.54, 1.807) is 6.92 Å². The van der Waals surface area contributed by atoms with Gasteiger partial charge in [-0.1, -0.05) is 48.5 Å². The summed E-state index contributed by atoms with van der Waals surface area (Å²) in [6.45, 7) is 2.28. The van der Waals surface area contributed by atoms with E-state index in [1.165, 1.54) is 11.1 Å². The second-order valence-corrected chi connectivity index (χ2v) is 8.32. The van der Waals surface area contributed by atoms with Gasteiger partial charge in [-0.2, -0.15) is 0 Å². The van der Waals surface area contributed by atoms with E-state index in [0.717, 1.165) is 11.1 Å². The van der Waals surface area contributed by atoms with E-state index in [1.807, 2.05) is 24.3 Å². The Bertz CT molecular complexity index is 959. The maximum Gasteiger partial charge on any atom is 0.407 e. The molecular formula is C24H26N2O5. The summed E-state index contributed by atoms with van der Waals surface area (Å²) in [4.78, 5) is 35.1. The van der Waals surface area contributed by atoms with Crippen molar-refractivity contribution in [2.75, 3.05) is 13.2 Å². The molecule has 2 aromatic carbocycles. The topological polar surface area (TPSA) is 105 Å². The highest BCUT2D eigenvalue weighted by atomic mass is 16.5. The van der Waals surface area contributed by atoms with E-state index in [9.17, 15) is 14.4 Å². The number of carboxylic acid groups (broad SMARTS) is 1. The third kappa shape index (κ3) is 4.71. The predicted octanol–water partition coefficient (Wildman–Crippen LogP) is 3.14. The maximum atomic E-state index is 12.2. The highest BCUT2D eigenvalue weighted by Crippen LogP contribution is 2.44. The Morgan fingerprint density at radius 2 is 1.68 bits per heavy atom. The molecule has 3 atom stereocenters. The molecule has 2 aliphatic carbocycles. The Labute approximate surface area is 180 Å². The molecule has 2 aromatic rings. The van der Waals surface area contributed by atoms with E-state index in [4.69, 9.17) is 9.84 Å². The van der Waals surface area contributed by atoms with E-state index in [0.29, 0.717) is 13.0 Å². The molecule has 7 nitrogen and oxygen atoms in total. The number of aliphatic carboxylic acids is 1. The summed E-state index contributed by atoms with van der Waals surface area (Å²) < 4.78 is 5.51. The van der Waals surface area contributed by atoms with Crippen molar-refractivity contribution < 1.29 is 24.2 Å². The Kier molecular flexibility index (Phi) is 5.93. The monoisotopic (exact) mass is 422 g/mol. The van der Waals surface area contributed by atoms with Crippen molar-refractivity contribution >= 4 is 18.0 Å². The number of carboxylic acids is 1. The lowest BCUT2D eigenvalue weighted by Crippen LogP contribution is -2.36. The van der Waals surface area contributed by atoms with Crippen LogP contribution in [-0.2, 0) is 14.3 Å². The molecule has 0 heterocycles. The number of benzene rings is 2. The molecule has 0 saturated heterocycles. The maximum absolute atomic E-state index is 12.2. The van der Waals surface area contributed by atoms with Crippen molar-refractivity contribution in [1.29, 1.82) is 0 Å². The van der Waals surface area contributed by atoms with Crippen LogP contribution in [0.25, 0.3) is 11.1 Å². The zero-order valence-corrected chi connectivity index (χ0v) is 17.3. The number of nitrogens with one attached hydrogen (secondary N) is 2. The molecule has 31 heavy (non-hydrogen) atoms. The molecule has 1 saturated carbocycles. The van der Waals surface area contributed by atoms with Crippen molar-refractivity contribution in [3.63, 3.8) is 0 Å². The molecule has 7 heteroatoms. The van der Waals surface area contributed by atoms with Crippen LogP contribution in [0.1, 0.15) is 36.8 Å². The molecule has 162 valence electrons. The van der Waals surface area contributed by atoms with Crippen molar-refractivity contribution in [2.24, 2.45) is 11.8 Å². The lowest BCUT2D eigenvalue weighted by Gasteiger charge is -2.14. The van der Waals surface area contributed by atoms with Crippen LogP contribution in [0.4, 0.5) is 4.79 Å². The summed E-state index contributed by atoms with van der Waals surface area (Å²) in [5, 5.41) is 14.2. The second-order valence-electron chi connectivity index (χ2n) is 8.32. The first-order valence-electron chi connectivity index (χ1n) is 10.5. The summed E-state index contributed by atoms with van der Waals surface area (Å²) >= 11 is 0. The minimum atomic E-state index is -0.947. The zero-order chi connectivity index (χ0) is 22.0. The minimum absolute atomic E-state index is 0.00771. The van der Waals surface area contributed by atoms with Gasteiger partial charge >= 0.3 is 12.1 Å². The number of ether oxygens (including phenoxy) is 1. The number of carbonyl (C=O) groups excluding carboxylic acids is 2. The van der Waals surface area contributed by atoms with E-state index < -0.39 is 18.1 Å². The summed E-state index contributed by atoms with van der Waals surface area (Å²) in [7, 11) is 0. The fraction of sp³-hybridized carbons (Fsp3) is 0.375. The smallest absolute Gasteiger partial charge is 0.407 e. The van der Waals surface area contributed by atoms with E-state index in [-0.39, 0.29) is 36.7 Å². The highest BCUT2D eigenvalue weighted by molar-refractivity contribution is 5.82. The van der Waals surface area contributed by atoms with Crippen molar-refractivity contribution in [2.45, 2.75) is 31.7 Å². The standard InChI is InChI=1S/C24H26N2O5/c1-14(10-22(27)28)26-23(29)20-11-15(20)12-25-24(30)31-13-21-18-8-4-2-6-16(18)17-7-3-5-9-19(17)21/h2-9,14-15,20-21H,10-13H2,1H3,(H,25,30)(H,26,29)(H,27,28)/t14?,15-,20-/m0/s1. The zero-order valence-electron chi connectivity index (χ0n) is 17.3. The third-order valence-electron chi connectivity index (χ3n) is 5.98. The molecule has 0 aromatic heterocycles. The van der Waals surface area contributed by atoms with Crippen LogP contribution in [0.5, 0.6) is 0 Å². The molecule has 2 amide bonds. The van der Waals surface area contributed by atoms with Crippen molar-refractivity contribution in [3.05, 3.63) is 59.7 Å². The first kappa shape index (κ1) is 20.9. The highest BCUT2D eigenvalue weighted by Gasteiger charge is 2.43. The Morgan fingerprint density at radius 1 is 1.06 bits per heavy atom. The summed E-state index contributed by atoms with van der Waals surface area (Å²) in [5.74, 6) is -1.24. The average Bonchev–Trinajstić information content (AvgIpc) is 3.46. The molecular weight excluding hydrogens is 396 g/mol. The number of alkyl carbamates (subject to hydrolysis) is 1. The molecule has 0 bridgehead atoms. The van der Waals surface area contributed by atoms with Gasteiger partial charge in [0.1, 0.15) is 6.61 Å². The first-order chi connectivity index (χ1) is 14.9. The van der Waals surface area contributed by atoms with Gasteiger partial charge in [0.2, 0.25) is 5.91 Å². The SMILES string of the molecule is CC(CC(=O)O)NC(=O)[C@H]1C[C@H]1CNC(=O)OCC1c2ccccc2-c2ccccc21. The van der Waals surface area contributed by atoms with Gasteiger partial charge in [-0.05, 0) is 41.5 Å². The normalized spacial score (nSPS) is 19.6. The number of hydrogen-bond acceptors (Lipinski definition) is 4. The molecule has 0 radical (unpaired) electrons. The van der Waals surface area contributed by atoms with Gasteiger partial charge in [0.25, 0.3) is 0 Å². The van der Waals surface area contributed by atoms with Crippen molar-refractivity contribution in [1.82, 2.24) is 10.6 Å². The van der Waals surface area contributed by atoms with Gasteiger partial charge in [0.15, 0.2) is 0 Å². The van der Waals surface area contributed by atoms with Crippen LogP contribution in [0, 0.1) is 11.8 Å². The van der Waals surface area contributed by atoms with Gasteiger partial charge in [-0.15, -0.1) is 0 Å². The lowest BCUT2D eigenvalue weighted by molar-refractivity contribution is -0.137. The number of carbonyl (C=O) groups is 3. The number of fused-ring (bicyclic) bond motifs is 3. The molecule has 4 rings (SSSR count). The fourth-order valence-electron chi connectivity index (χ4n) is 4.32. The van der Waals surface area contributed by atoms with Crippen LogP contribution < -0.4 is 10.6 Å². The molecule has 0 spiro atoms. The minimum Gasteiger partial charge on any atom is -0.481 e. The molecule has 1 fully saturated rings. The second kappa shape index (κ2) is 8.79. The Hall–Kier alpha value is -3.35. The van der Waals surface area contributed by atoms with Crippen LogP contribution in [0.2, 0.25) is 0 Å². The fourth-order valence-corrected chi connectivity index (χ4v) is 4.32. The van der Waals surface area contributed by atoms with Crippen LogP contribution in [0.3, 0.4) is 0 Å². The number of amides is 2. The van der Waals surface area contributed by atoms with Gasteiger partial charge < -0.3 is 20.5 Å². The lowest BCUT2D eigenvalue weighted by atomic mass is 9.98. The molecule has 1 unspecified atom stereocenters. The average molecular weight is 422 g/mol. The van der Waals surface area contributed by atoms with E-state index >= 15 is 0 Å². The predicted molar refractivity (Wildman–Crippen MR) is 115 cm³/mol. The van der Waals surface area contributed by atoms with E-state index in [2.05, 4.69) is 34.9 Å². The van der Waals surface area contributed by atoms with Crippen LogP contribution in [0.15, 0.2) is 48.5 Å². The number of hydrogen-bond donors (Lipinski definition) is 3. The van der Waals surface area contributed by atoms with Crippen LogP contribution in [-0.4, -0.2) is 42.3 Å².